The molecular weight excluding hydrogens is 397 g/mol. The van der Waals surface area contributed by atoms with Crippen LogP contribution in [0.25, 0.3) is 11.5 Å². The lowest BCUT2D eigenvalue weighted by atomic mass is 9.74. The van der Waals surface area contributed by atoms with Gasteiger partial charge in [-0.1, -0.05) is 13.8 Å². The Balaban J connectivity index is 1.39. The number of hydrogen-bond donors (Lipinski definition) is 1. The highest BCUT2D eigenvalue weighted by Gasteiger charge is 2.36. The quantitative estimate of drug-likeness (QED) is 0.549. The van der Waals surface area contributed by atoms with E-state index in [0.717, 1.165) is 35.3 Å². The first-order valence-corrected chi connectivity index (χ1v) is 10.1. The normalized spacial score (nSPS) is 17.5. The van der Waals surface area contributed by atoms with Gasteiger partial charge in [-0.3, -0.25) is 4.79 Å². The third-order valence-corrected chi connectivity index (χ3v) is 5.64. The van der Waals surface area contributed by atoms with Gasteiger partial charge < -0.3 is 5.32 Å². The number of nitrogens with one attached hydrogen (secondary N) is 1. The zero-order valence-electron chi connectivity index (χ0n) is 17.3. The van der Waals surface area contributed by atoms with Crippen LogP contribution in [0.5, 0.6) is 0 Å². The molecule has 1 unspecified atom stereocenters. The SMILES string of the molecule is CC1(C)Cc2c(cnn2-c2ccc(F)cc2)C(NC(=O)Cc2cnc3ncnn3c2)C1. The van der Waals surface area contributed by atoms with Crippen LogP contribution in [0.15, 0.2) is 49.2 Å². The van der Waals surface area contributed by atoms with Crippen LogP contribution in [0.2, 0.25) is 0 Å². The lowest BCUT2D eigenvalue weighted by Gasteiger charge is -2.36. The van der Waals surface area contributed by atoms with E-state index in [1.807, 2.05) is 10.9 Å². The highest BCUT2D eigenvalue weighted by molar-refractivity contribution is 5.79. The molecule has 3 heterocycles. The van der Waals surface area contributed by atoms with E-state index < -0.39 is 0 Å². The van der Waals surface area contributed by atoms with Gasteiger partial charge in [-0.15, -0.1) is 0 Å². The number of fused-ring (bicyclic) bond motifs is 2. The second-order valence-corrected chi connectivity index (χ2v) is 8.74. The minimum Gasteiger partial charge on any atom is -0.349 e. The Morgan fingerprint density at radius 3 is 2.81 bits per heavy atom. The van der Waals surface area contributed by atoms with Crippen molar-refractivity contribution < 1.29 is 9.18 Å². The van der Waals surface area contributed by atoms with Crippen LogP contribution >= 0.6 is 0 Å². The fraction of sp³-hybridized carbons (Fsp3) is 0.318. The third-order valence-electron chi connectivity index (χ3n) is 5.64. The number of rotatable bonds is 4. The Kier molecular flexibility index (Phi) is 4.53. The molecule has 1 aliphatic carbocycles. The number of halogens is 1. The largest absolute Gasteiger partial charge is 0.349 e. The third kappa shape index (κ3) is 3.78. The van der Waals surface area contributed by atoms with Crippen molar-refractivity contribution in [2.75, 3.05) is 0 Å². The molecule has 1 amide bonds. The number of aromatic nitrogens is 6. The molecule has 4 aromatic rings. The average Bonchev–Trinajstić information content (AvgIpc) is 3.34. The molecule has 0 saturated heterocycles. The Morgan fingerprint density at radius 2 is 2.00 bits per heavy atom. The summed E-state index contributed by atoms with van der Waals surface area (Å²) in [5.41, 5.74) is 3.58. The molecule has 8 nitrogen and oxygen atoms in total. The first-order valence-electron chi connectivity index (χ1n) is 10.1. The molecule has 0 aliphatic heterocycles. The van der Waals surface area contributed by atoms with Crippen LogP contribution < -0.4 is 5.32 Å². The summed E-state index contributed by atoms with van der Waals surface area (Å²) in [6, 6.07) is 6.13. The van der Waals surface area contributed by atoms with E-state index in [2.05, 4.69) is 39.3 Å². The molecular formula is C22H22FN7O. The molecule has 0 saturated carbocycles. The Labute approximate surface area is 178 Å². The molecule has 5 rings (SSSR count). The zero-order chi connectivity index (χ0) is 21.6. The summed E-state index contributed by atoms with van der Waals surface area (Å²) in [6.45, 7) is 4.36. The first-order chi connectivity index (χ1) is 14.9. The fourth-order valence-electron chi connectivity index (χ4n) is 4.26. The van der Waals surface area contributed by atoms with E-state index in [-0.39, 0.29) is 29.6 Å². The predicted molar refractivity (Wildman–Crippen MR) is 111 cm³/mol. The number of hydrogen-bond acceptors (Lipinski definition) is 5. The van der Waals surface area contributed by atoms with E-state index >= 15 is 0 Å². The van der Waals surface area contributed by atoms with Gasteiger partial charge in [0.05, 0.1) is 30.0 Å². The summed E-state index contributed by atoms with van der Waals surface area (Å²) in [5.74, 6) is 0.120. The maximum atomic E-state index is 13.4. The highest BCUT2D eigenvalue weighted by atomic mass is 19.1. The Hall–Kier alpha value is -3.62. The second-order valence-electron chi connectivity index (χ2n) is 8.74. The first kappa shape index (κ1) is 19.3. The van der Waals surface area contributed by atoms with Gasteiger partial charge in [0.15, 0.2) is 0 Å². The minimum absolute atomic E-state index is 0.0239. The maximum absolute atomic E-state index is 13.4. The van der Waals surface area contributed by atoms with Crippen LogP contribution in [-0.4, -0.2) is 35.3 Å². The molecule has 3 aromatic heterocycles. The van der Waals surface area contributed by atoms with Crippen LogP contribution in [-0.2, 0) is 17.6 Å². The smallest absolute Gasteiger partial charge is 0.252 e. The zero-order valence-corrected chi connectivity index (χ0v) is 17.3. The van der Waals surface area contributed by atoms with Gasteiger partial charge in [0.25, 0.3) is 5.78 Å². The molecule has 31 heavy (non-hydrogen) atoms. The minimum atomic E-state index is -0.284. The van der Waals surface area contributed by atoms with Crippen molar-refractivity contribution in [1.29, 1.82) is 0 Å². The molecule has 0 spiro atoms. The van der Waals surface area contributed by atoms with Gasteiger partial charge >= 0.3 is 0 Å². The highest BCUT2D eigenvalue weighted by Crippen LogP contribution is 2.41. The second kappa shape index (κ2) is 7.26. The molecule has 1 aromatic carbocycles. The van der Waals surface area contributed by atoms with Gasteiger partial charge in [0.2, 0.25) is 5.91 Å². The molecule has 0 radical (unpaired) electrons. The number of carbonyl (C=O) groups excluding carboxylic acids is 1. The van der Waals surface area contributed by atoms with Crippen LogP contribution in [0.1, 0.15) is 43.1 Å². The summed E-state index contributed by atoms with van der Waals surface area (Å²) in [5, 5.41) is 11.8. The van der Waals surface area contributed by atoms with Crippen LogP contribution in [0.3, 0.4) is 0 Å². The van der Waals surface area contributed by atoms with Crippen molar-refractivity contribution >= 4 is 11.7 Å². The molecule has 0 fully saturated rings. The molecule has 9 heteroatoms. The van der Waals surface area contributed by atoms with Crippen LogP contribution in [0.4, 0.5) is 4.39 Å². The van der Waals surface area contributed by atoms with E-state index in [0.29, 0.717) is 5.78 Å². The Bertz CT molecular complexity index is 1260. The van der Waals surface area contributed by atoms with Crippen molar-refractivity contribution in [2.24, 2.45) is 5.41 Å². The molecule has 1 atom stereocenters. The van der Waals surface area contributed by atoms with Crippen molar-refractivity contribution in [1.82, 2.24) is 34.7 Å². The summed E-state index contributed by atoms with van der Waals surface area (Å²) in [4.78, 5) is 21.1. The number of nitrogens with zero attached hydrogens (tertiary/aromatic N) is 6. The van der Waals surface area contributed by atoms with E-state index in [1.165, 1.54) is 18.5 Å². The summed E-state index contributed by atoms with van der Waals surface area (Å²) >= 11 is 0. The van der Waals surface area contributed by atoms with E-state index in [1.54, 1.807) is 29.0 Å². The number of benzene rings is 1. The van der Waals surface area contributed by atoms with Gasteiger partial charge in [-0.05, 0) is 48.1 Å². The monoisotopic (exact) mass is 419 g/mol. The predicted octanol–water partition coefficient (Wildman–Crippen LogP) is 2.82. The summed E-state index contributed by atoms with van der Waals surface area (Å²) in [6.07, 6.45) is 8.46. The van der Waals surface area contributed by atoms with Gasteiger partial charge in [-0.25, -0.2) is 18.6 Å². The van der Waals surface area contributed by atoms with E-state index in [4.69, 9.17) is 0 Å². The number of amides is 1. The topological polar surface area (TPSA) is 90.0 Å². The number of carbonyl (C=O) groups is 1. The van der Waals surface area contributed by atoms with Gasteiger partial charge in [-0.2, -0.15) is 15.2 Å². The van der Waals surface area contributed by atoms with Crippen molar-refractivity contribution in [3.05, 3.63) is 71.8 Å². The van der Waals surface area contributed by atoms with Gasteiger partial charge in [0.1, 0.15) is 12.1 Å². The van der Waals surface area contributed by atoms with Crippen molar-refractivity contribution in [3.63, 3.8) is 0 Å². The lowest BCUT2D eigenvalue weighted by molar-refractivity contribution is -0.121. The van der Waals surface area contributed by atoms with Crippen LogP contribution in [0, 0.1) is 11.2 Å². The van der Waals surface area contributed by atoms with Crippen molar-refractivity contribution in [2.45, 2.75) is 39.2 Å². The molecule has 0 bridgehead atoms. The molecule has 1 aliphatic rings. The maximum Gasteiger partial charge on any atom is 0.252 e. The molecule has 158 valence electrons. The van der Waals surface area contributed by atoms with Crippen molar-refractivity contribution in [3.8, 4) is 5.69 Å². The standard InChI is InChI=1S/C22H22FN7O/c1-22(2)8-18(28-20(31)7-14-10-24-21-25-13-27-29(21)12-14)17-11-26-30(19(17)9-22)16-5-3-15(23)4-6-16/h3-6,10-13,18H,7-9H2,1-2H3,(H,28,31). The fourth-order valence-corrected chi connectivity index (χ4v) is 4.26. The molecule has 1 N–H and O–H groups in total. The lowest BCUT2D eigenvalue weighted by Crippen LogP contribution is -2.37. The average molecular weight is 419 g/mol. The Morgan fingerprint density at radius 1 is 1.19 bits per heavy atom. The summed E-state index contributed by atoms with van der Waals surface area (Å²) in [7, 11) is 0. The van der Waals surface area contributed by atoms with Gasteiger partial charge in [0, 0.05) is 18.0 Å². The summed E-state index contributed by atoms with van der Waals surface area (Å²) < 4.78 is 16.7. The van der Waals surface area contributed by atoms with E-state index in [9.17, 15) is 9.18 Å².